The Hall–Kier alpha value is -1.55. The fourth-order valence-corrected chi connectivity index (χ4v) is 2.68. The molecule has 1 aromatic rings. The van der Waals surface area contributed by atoms with Gasteiger partial charge in [-0.2, -0.15) is 0 Å². The number of ether oxygens (including phenoxy) is 1. The van der Waals surface area contributed by atoms with Crippen molar-refractivity contribution in [1.29, 1.82) is 0 Å². The van der Waals surface area contributed by atoms with Gasteiger partial charge in [-0.15, -0.1) is 0 Å². The number of hydrogen-bond acceptors (Lipinski definition) is 3. The first-order valence-electron chi connectivity index (χ1n) is 7.73. The van der Waals surface area contributed by atoms with Crippen LogP contribution in [0.3, 0.4) is 0 Å². The first-order valence-corrected chi connectivity index (χ1v) is 7.73. The van der Waals surface area contributed by atoms with Crippen LogP contribution >= 0.6 is 0 Å². The number of piperidine rings is 1. The van der Waals surface area contributed by atoms with Crippen molar-refractivity contribution in [3.05, 3.63) is 29.3 Å². The van der Waals surface area contributed by atoms with Gasteiger partial charge in [0.05, 0.1) is 6.10 Å². The van der Waals surface area contributed by atoms with E-state index in [0.717, 1.165) is 37.1 Å². The lowest BCUT2D eigenvalue weighted by atomic mass is 10.1. The van der Waals surface area contributed by atoms with Gasteiger partial charge in [-0.3, -0.25) is 4.79 Å². The Labute approximate surface area is 126 Å². The standard InChI is InChI=1S/C17H25NO3/c1-12-11-15(13(2)19)7-8-16(12)21-14(3)17(20)18-9-5-4-6-10-18/h7-8,11,13-14,19H,4-6,9-10H2,1-3H3/t13-,14?/m1/s1. The molecule has 116 valence electrons. The van der Waals surface area contributed by atoms with Crippen LogP contribution in [-0.2, 0) is 4.79 Å². The van der Waals surface area contributed by atoms with Gasteiger partial charge in [-0.1, -0.05) is 6.07 Å². The zero-order valence-electron chi connectivity index (χ0n) is 13.1. The summed E-state index contributed by atoms with van der Waals surface area (Å²) in [4.78, 5) is 14.2. The van der Waals surface area contributed by atoms with Crippen LogP contribution < -0.4 is 4.74 Å². The summed E-state index contributed by atoms with van der Waals surface area (Å²) in [5, 5.41) is 9.58. The van der Waals surface area contributed by atoms with Gasteiger partial charge in [0.1, 0.15) is 5.75 Å². The van der Waals surface area contributed by atoms with Gasteiger partial charge < -0.3 is 14.7 Å². The molecule has 4 nitrogen and oxygen atoms in total. The monoisotopic (exact) mass is 291 g/mol. The second-order valence-corrected chi connectivity index (χ2v) is 5.85. The molecule has 1 amide bonds. The van der Waals surface area contributed by atoms with Gasteiger partial charge >= 0.3 is 0 Å². The molecule has 1 aliphatic heterocycles. The molecule has 0 saturated carbocycles. The molecule has 1 N–H and O–H groups in total. The molecule has 1 saturated heterocycles. The molecule has 1 aliphatic rings. The van der Waals surface area contributed by atoms with E-state index in [-0.39, 0.29) is 5.91 Å². The van der Waals surface area contributed by atoms with Gasteiger partial charge in [0.25, 0.3) is 5.91 Å². The minimum absolute atomic E-state index is 0.0636. The Morgan fingerprint density at radius 1 is 1.24 bits per heavy atom. The van der Waals surface area contributed by atoms with Crippen molar-refractivity contribution in [1.82, 2.24) is 4.90 Å². The number of benzene rings is 1. The van der Waals surface area contributed by atoms with E-state index in [2.05, 4.69) is 0 Å². The fraction of sp³-hybridized carbons (Fsp3) is 0.588. The lowest BCUT2D eigenvalue weighted by Gasteiger charge is -2.29. The van der Waals surface area contributed by atoms with Crippen LogP contribution in [0.2, 0.25) is 0 Å². The predicted octanol–water partition coefficient (Wildman–Crippen LogP) is 2.83. The van der Waals surface area contributed by atoms with E-state index >= 15 is 0 Å². The number of rotatable bonds is 4. The number of hydrogen-bond donors (Lipinski definition) is 1. The van der Waals surface area contributed by atoms with Crippen LogP contribution in [0.1, 0.15) is 50.3 Å². The van der Waals surface area contributed by atoms with Crippen molar-refractivity contribution in [2.45, 2.75) is 52.2 Å². The van der Waals surface area contributed by atoms with E-state index in [1.165, 1.54) is 6.42 Å². The van der Waals surface area contributed by atoms with Gasteiger partial charge in [-0.25, -0.2) is 0 Å². The number of aryl methyl sites for hydroxylation is 1. The molecule has 0 spiro atoms. The minimum Gasteiger partial charge on any atom is -0.481 e. The maximum Gasteiger partial charge on any atom is 0.263 e. The number of carbonyl (C=O) groups excluding carboxylic acids is 1. The van der Waals surface area contributed by atoms with Crippen molar-refractivity contribution in [2.24, 2.45) is 0 Å². The number of likely N-dealkylation sites (tertiary alicyclic amines) is 1. The first-order chi connectivity index (χ1) is 9.99. The molecule has 0 aliphatic carbocycles. The van der Waals surface area contributed by atoms with Crippen molar-refractivity contribution in [2.75, 3.05) is 13.1 Å². The maximum atomic E-state index is 12.3. The summed E-state index contributed by atoms with van der Waals surface area (Å²) < 4.78 is 5.82. The van der Waals surface area contributed by atoms with Crippen molar-refractivity contribution < 1.29 is 14.6 Å². The van der Waals surface area contributed by atoms with Crippen LogP contribution in [0.15, 0.2) is 18.2 Å². The molecule has 0 bridgehead atoms. The van der Waals surface area contributed by atoms with Crippen LogP contribution in [0, 0.1) is 6.92 Å². The quantitative estimate of drug-likeness (QED) is 0.928. The average molecular weight is 291 g/mol. The molecule has 2 rings (SSSR count). The summed E-state index contributed by atoms with van der Waals surface area (Å²) in [7, 11) is 0. The summed E-state index contributed by atoms with van der Waals surface area (Å²) in [6.07, 6.45) is 2.41. The van der Waals surface area contributed by atoms with Crippen molar-refractivity contribution in [3.63, 3.8) is 0 Å². The number of aliphatic hydroxyl groups excluding tert-OH is 1. The molecule has 0 aromatic heterocycles. The van der Waals surface area contributed by atoms with Gasteiger partial charge in [0, 0.05) is 13.1 Å². The highest BCUT2D eigenvalue weighted by Crippen LogP contribution is 2.24. The molecule has 1 heterocycles. The Kier molecular flexibility index (Phi) is 5.23. The highest BCUT2D eigenvalue weighted by Gasteiger charge is 2.23. The van der Waals surface area contributed by atoms with Crippen LogP contribution in [0.5, 0.6) is 5.75 Å². The molecular weight excluding hydrogens is 266 g/mol. The van der Waals surface area contributed by atoms with Crippen LogP contribution in [0.25, 0.3) is 0 Å². The van der Waals surface area contributed by atoms with E-state index in [1.54, 1.807) is 13.8 Å². The minimum atomic E-state index is -0.495. The molecule has 2 atom stereocenters. The predicted molar refractivity (Wildman–Crippen MR) is 82.3 cm³/mol. The topological polar surface area (TPSA) is 49.8 Å². The van der Waals surface area contributed by atoms with Crippen LogP contribution in [0.4, 0.5) is 0 Å². The van der Waals surface area contributed by atoms with Gasteiger partial charge in [-0.05, 0) is 63.3 Å². The van der Waals surface area contributed by atoms with Crippen molar-refractivity contribution >= 4 is 5.91 Å². The molecule has 21 heavy (non-hydrogen) atoms. The van der Waals surface area contributed by atoms with E-state index < -0.39 is 12.2 Å². The SMILES string of the molecule is Cc1cc([C@@H](C)O)ccc1OC(C)C(=O)N1CCCCC1. The lowest BCUT2D eigenvalue weighted by molar-refractivity contribution is -0.138. The zero-order chi connectivity index (χ0) is 15.4. The zero-order valence-corrected chi connectivity index (χ0v) is 13.1. The number of amides is 1. The summed E-state index contributed by atoms with van der Waals surface area (Å²) in [6.45, 7) is 7.15. The van der Waals surface area contributed by atoms with E-state index in [9.17, 15) is 9.90 Å². The molecule has 1 fully saturated rings. The third-order valence-corrected chi connectivity index (χ3v) is 4.00. The second-order valence-electron chi connectivity index (χ2n) is 5.85. The summed E-state index contributed by atoms with van der Waals surface area (Å²) in [5.41, 5.74) is 1.79. The third-order valence-electron chi connectivity index (χ3n) is 4.00. The first kappa shape index (κ1) is 15.8. The smallest absolute Gasteiger partial charge is 0.263 e. The Bertz CT molecular complexity index is 493. The normalized spacial score (nSPS) is 18.2. The molecule has 0 radical (unpaired) electrons. The second kappa shape index (κ2) is 6.94. The number of aliphatic hydroxyl groups is 1. The van der Waals surface area contributed by atoms with E-state index in [4.69, 9.17) is 4.74 Å². The molecule has 4 heteroatoms. The third kappa shape index (κ3) is 3.97. The highest BCUT2D eigenvalue weighted by molar-refractivity contribution is 5.81. The van der Waals surface area contributed by atoms with Crippen molar-refractivity contribution in [3.8, 4) is 5.75 Å². The Morgan fingerprint density at radius 2 is 1.90 bits per heavy atom. The summed E-state index contributed by atoms with van der Waals surface area (Å²) >= 11 is 0. The number of carbonyl (C=O) groups is 1. The largest absolute Gasteiger partial charge is 0.481 e. The Balaban J connectivity index is 2.01. The molecular formula is C17H25NO3. The van der Waals surface area contributed by atoms with E-state index in [1.807, 2.05) is 30.0 Å². The highest BCUT2D eigenvalue weighted by atomic mass is 16.5. The average Bonchev–Trinajstić information content (AvgIpc) is 2.49. The number of nitrogens with zero attached hydrogens (tertiary/aromatic N) is 1. The van der Waals surface area contributed by atoms with E-state index in [0.29, 0.717) is 5.75 Å². The van der Waals surface area contributed by atoms with Gasteiger partial charge in [0.2, 0.25) is 0 Å². The summed E-state index contributed by atoms with van der Waals surface area (Å²) in [5.74, 6) is 0.769. The van der Waals surface area contributed by atoms with Gasteiger partial charge in [0.15, 0.2) is 6.10 Å². The maximum absolute atomic E-state index is 12.3. The molecule has 1 aromatic carbocycles. The van der Waals surface area contributed by atoms with Crippen LogP contribution in [-0.4, -0.2) is 35.1 Å². The lowest BCUT2D eigenvalue weighted by Crippen LogP contribution is -2.43. The molecule has 1 unspecified atom stereocenters. The summed E-state index contributed by atoms with van der Waals surface area (Å²) in [6, 6.07) is 5.57. The fourth-order valence-electron chi connectivity index (χ4n) is 2.68. The Morgan fingerprint density at radius 3 is 2.48 bits per heavy atom.